The highest BCUT2D eigenvalue weighted by Gasteiger charge is 2.20. The third kappa shape index (κ3) is 3.41. The number of carbonyl (C=O) groups excluding carboxylic acids is 1. The van der Waals surface area contributed by atoms with Crippen LogP contribution in [0.4, 0.5) is 10.7 Å². The largest absolute Gasteiger partial charge is 0.443 e. The smallest absolute Gasteiger partial charge is 0.418 e. The van der Waals surface area contributed by atoms with Gasteiger partial charge in [0.2, 0.25) is 5.95 Å². The van der Waals surface area contributed by atoms with E-state index in [1.807, 2.05) is 63.6 Å². The number of carbonyl (C=O) groups is 1. The minimum Gasteiger partial charge on any atom is -0.443 e. The Morgan fingerprint density at radius 1 is 1.21 bits per heavy atom. The Morgan fingerprint density at radius 2 is 1.97 bits per heavy atom. The molecule has 8 heteroatoms. The normalized spacial score (nSPS) is 12.2. The topological polar surface area (TPSA) is 101 Å². The lowest BCUT2D eigenvalue weighted by Gasteiger charge is -2.19. The Bertz CT molecular complexity index is 1230. The van der Waals surface area contributed by atoms with Gasteiger partial charge in [-0.3, -0.25) is 4.57 Å². The Labute approximate surface area is 168 Å². The summed E-state index contributed by atoms with van der Waals surface area (Å²) in [6.45, 7) is 9.62. The van der Waals surface area contributed by atoms with Gasteiger partial charge in [0.15, 0.2) is 5.65 Å². The Kier molecular flexibility index (Phi) is 4.29. The van der Waals surface area contributed by atoms with E-state index in [2.05, 4.69) is 9.97 Å². The standard InChI is InChI=1S/C21H24N6O2/c1-12(2)27-18-15(11-23-19(22)24-18)17(25-27)14-6-7-16-13(10-14)8-9-26(16)20(28)29-21(3,4)5/h6-12H,1-5H3,(H2,22,23,24). The molecule has 0 fully saturated rings. The molecule has 2 N–H and O–H groups in total. The van der Waals surface area contributed by atoms with Gasteiger partial charge >= 0.3 is 6.09 Å². The van der Waals surface area contributed by atoms with E-state index in [0.717, 1.165) is 27.5 Å². The predicted octanol–water partition coefficient (Wildman–Crippen LogP) is 4.39. The summed E-state index contributed by atoms with van der Waals surface area (Å²) in [6, 6.07) is 7.84. The van der Waals surface area contributed by atoms with E-state index in [1.54, 1.807) is 12.4 Å². The first-order valence-electron chi connectivity index (χ1n) is 9.49. The van der Waals surface area contributed by atoms with Crippen LogP contribution in [0.2, 0.25) is 0 Å². The monoisotopic (exact) mass is 392 g/mol. The predicted molar refractivity (Wildman–Crippen MR) is 113 cm³/mol. The summed E-state index contributed by atoms with van der Waals surface area (Å²) in [5.74, 6) is 0.218. The number of hydrogen-bond acceptors (Lipinski definition) is 6. The van der Waals surface area contributed by atoms with Gasteiger partial charge < -0.3 is 10.5 Å². The van der Waals surface area contributed by atoms with E-state index in [-0.39, 0.29) is 12.0 Å². The van der Waals surface area contributed by atoms with Crippen molar-refractivity contribution in [2.75, 3.05) is 5.73 Å². The third-order valence-corrected chi connectivity index (χ3v) is 4.51. The zero-order valence-corrected chi connectivity index (χ0v) is 17.2. The van der Waals surface area contributed by atoms with Crippen LogP contribution in [0.3, 0.4) is 0 Å². The molecule has 0 saturated heterocycles. The molecule has 0 aliphatic heterocycles. The SMILES string of the molecule is CC(C)n1nc(-c2ccc3c(ccn3C(=O)OC(C)(C)C)c2)c2cnc(N)nc21. The Hall–Kier alpha value is -3.42. The summed E-state index contributed by atoms with van der Waals surface area (Å²) in [5.41, 5.74) is 8.39. The maximum absolute atomic E-state index is 12.5. The van der Waals surface area contributed by atoms with Crippen molar-refractivity contribution in [3.05, 3.63) is 36.7 Å². The van der Waals surface area contributed by atoms with E-state index >= 15 is 0 Å². The van der Waals surface area contributed by atoms with Crippen molar-refractivity contribution >= 4 is 34.0 Å². The van der Waals surface area contributed by atoms with Gasteiger partial charge in [-0.25, -0.2) is 14.5 Å². The van der Waals surface area contributed by atoms with Gasteiger partial charge in [-0.2, -0.15) is 10.1 Å². The molecule has 4 aromatic rings. The number of ether oxygens (including phenoxy) is 1. The number of fused-ring (bicyclic) bond motifs is 2. The summed E-state index contributed by atoms with van der Waals surface area (Å²) in [7, 11) is 0. The highest BCUT2D eigenvalue weighted by atomic mass is 16.6. The van der Waals surface area contributed by atoms with Crippen molar-refractivity contribution in [2.24, 2.45) is 0 Å². The first-order valence-corrected chi connectivity index (χ1v) is 9.49. The summed E-state index contributed by atoms with van der Waals surface area (Å²) in [6.07, 6.45) is 3.02. The van der Waals surface area contributed by atoms with Gasteiger partial charge in [0.05, 0.1) is 10.9 Å². The molecule has 0 radical (unpaired) electrons. The van der Waals surface area contributed by atoms with Crippen molar-refractivity contribution in [1.29, 1.82) is 0 Å². The van der Waals surface area contributed by atoms with Crippen LogP contribution >= 0.6 is 0 Å². The molecule has 0 amide bonds. The molecular weight excluding hydrogens is 368 g/mol. The number of nitrogens with two attached hydrogens (primary N) is 1. The Balaban J connectivity index is 1.81. The second kappa shape index (κ2) is 6.58. The van der Waals surface area contributed by atoms with Gasteiger partial charge in [0.1, 0.15) is 11.3 Å². The lowest BCUT2D eigenvalue weighted by atomic mass is 10.1. The minimum atomic E-state index is -0.557. The highest BCUT2D eigenvalue weighted by Crippen LogP contribution is 2.31. The number of anilines is 1. The van der Waals surface area contributed by atoms with Gasteiger partial charge in [-0.15, -0.1) is 0 Å². The van der Waals surface area contributed by atoms with Gasteiger partial charge in [-0.05, 0) is 52.8 Å². The summed E-state index contributed by atoms with van der Waals surface area (Å²) >= 11 is 0. The summed E-state index contributed by atoms with van der Waals surface area (Å²) in [4.78, 5) is 21.0. The van der Waals surface area contributed by atoms with Crippen molar-refractivity contribution in [2.45, 2.75) is 46.3 Å². The second-order valence-electron chi connectivity index (χ2n) is 8.29. The van der Waals surface area contributed by atoms with E-state index in [0.29, 0.717) is 5.65 Å². The molecule has 0 spiro atoms. The van der Waals surface area contributed by atoms with E-state index < -0.39 is 11.7 Å². The quantitative estimate of drug-likeness (QED) is 0.543. The molecule has 0 aliphatic rings. The molecule has 150 valence electrons. The van der Waals surface area contributed by atoms with E-state index in [9.17, 15) is 4.79 Å². The summed E-state index contributed by atoms with van der Waals surface area (Å²) in [5, 5.41) is 6.50. The number of nitrogen functional groups attached to an aromatic ring is 1. The third-order valence-electron chi connectivity index (χ3n) is 4.51. The van der Waals surface area contributed by atoms with E-state index in [1.165, 1.54) is 4.57 Å². The van der Waals surface area contributed by atoms with Crippen molar-refractivity contribution in [3.8, 4) is 11.3 Å². The van der Waals surface area contributed by atoms with Crippen LogP contribution in [0.25, 0.3) is 33.2 Å². The van der Waals surface area contributed by atoms with Gasteiger partial charge in [0.25, 0.3) is 0 Å². The molecule has 3 aromatic heterocycles. The first-order chi connectivity index (χ1) is 13.6. The molecular formula is C21H24N6O2. The highest BCUT2D eigenvalue weighted by molar-refractivity contribution is 5.96. The number of benzene rings is 1. The molecule has 3 heterocycles. The average molecular weight is 392 g/mol. The average Bonchev–Trinajstić information content (AvgIpc) is 3.20. The molecule has 0 bridgehead atoms. The van der Waals surface area contributed by atoms with E-state index in [4.69, 9.17) is 15.6 Å². The van der Waals surface area contributed by atoms with Crippen molar-refractivity contribution in [3.63, 3.8) is 0 Å². The van der Waals surface area contributed by atoms with Crippen molar-refractivity contribution < 1.29 is 9.53 Å². The van der Waals surface area contributed by atoms with Crippen LogP contribution in [0.5, 0.6) is 0 Å². The molecule has 0 aliphatic carbocycles. The lowest BCUT2D eigenvalue weighted by Crippen LogP contribution is -2.26. The Morgan fingerprint density at radius 3 is 2.66 bits per heavy atom. The number of hydrogen-bond donors (Lipinski definition) is 1. The van der Waals surface area contributed by atoms with Crippen LogP contribution < -0.4 is 5.73 Å². The van der Waals surface area contributed by atoms with Crippen LogP contribution in [0.15, 0.2) is 36.7 Å². The van der Waals surface area contributed by atoms with Gasteiger partial charge in [-0.1, -0.05) is 6.07 Å². The number of rotatable bonds is 2. The molecule has 1 aromatic carbocycles. The van der Waals surface area contributed by atoms with Crippen LogP contribution in [0, 0.1) is 0 Å². The zero-order chi connectivity index (χ0) is 20.9. The summed E-state index contributed by atoms with van der Waals surface area (Å²) < 4.78 is 8.84. The maximum atomic E-state index is 12.5. The molecule has 4 rings (SSSR count). The molecule has 0 saturated carbocycles. The molecule has 8 nitrogen and oxygen atoms in total. The second-order valence-corrected chi connectivity index (χ2v) is 8.29. The zero-order valence-electron chi connectivity index (χ0n) is 17.2. The van der Waals surface area contributed by atoms with Crippen LogP contribution in [-0.4, -0.2) is 36.0 Å². The lowest BCUT2D eigenvalue weighted by molar-refractivity contribution is 0.0544. The van der Waals surface area contributed by atoms with Crippen molar-refractivity contribution in [1.82, 2.24) is 24.3 Å². The fourth-order valence-corrected chi connectivity index (χ4v) is 3.27. The molecule has 0 unspecified atom stereocenters. The molecule has 0 atom stereocenters. The first kappa shape index (κ1) is 18.9. The number of aromatic nitrogens is 5. The fraction of sp³-hybridized carbons (Fsp3) is 0.333. The van der Waals surface area contributed by atoms with Crippen LogP contribution in [0.1, 0.15) is 40.7 Å². The minimum absolute atomic E-state index is 0.123. The van der Waals surface area contributed by atoms with Gasteiger partial charge in [0, 0.05) is 29.4 Å². The molecule has 29 heavy (non-hydrogen) atoms. The fourth-order valence-electron chi connectivity index (χ4n) is 3.27. The van der Waals surface area contributed by atoms with Crippen LogP contribution in [-0.2, 0) is 4.74 Å². The number of nitrogens with zero attached hydrogens (tertiary/aromatic N) is 5. The maximum Gasteiger partial charge on any atom is 0.418 e.